The first-order valence-electron chi connectivity index (χ1n) is 3.75. The minimum atomic E-state index is 0.694. The third kappa shape index (κ3) is 2.08. The second kappa shape index (κ2) is 4.26. The quantitative estimate of drug-likeness (QED) is 0.727. The van der Waals surface area contributed by atoms with Crippen molar-refractivity contribution in [3.05, 3.63) is 28.7 Å². The molecule has 1 aromatic rings. The van der Waals surface area contributed by atoms with E-state index in [1.54, 1.807) is 4.90 Å². The molecule has 0 N–H and O–H groups in total. The van der Waals surface area contributed by atoms with Crippen LogP contribution in [0.4, 0.5) is 5.69 Å². The molecule has 0 aliphatic rings. The van der Waals surface area contributed by atoms with Crippen LogP contribution < -0.4 is 4.90 Å². The van der Waals surface area contributed by atoms with Crippen LogP contribution in [0.15, 0.2) is 28.7 Å². The zero-order valence-electron chi connectivity index (χ0n) is 6.83. The van der Waals surface area contributed by atoms with Gasteiger partial charge in [0.2, 0.25) is 6.41 Å². The molecule has 0 unspecified atom stereocenters. The smallest absolute Gasteiger partial charge is 0.214 e. The van der Waals surface area contributed by atoms with Gasteiger partial charge in [-0.1, -0.05) is 22.0 Å². The first-order valence-corrected chi connectivity index (χ1v) is 4.54. The zero-order chi connectivity index (χ0) is 8.97. The number of carbonyl (C=O) groups excluding carboxylic acids is 1. The van der Waals surface area contributed by atoms with Gasteiger partial charge in [-0.05, 0) is 25.1 Å². The van der Waals surface area contributed by atoms with Crippen molar-refractivity contribution in [3.8, 4) is 0 Å². The minimum Gasteiger partial charge on any atom is -0.315 e. The number of nitrogens with zero attached hydrogens (tertiary/aromatic N) is 1. The number of amides is 1. The van der Waals surface area contributed by atoms with Gasteiger partial charge in [-0.3, -0.25) is 4.79 Å². The molecule has 0 fully saturated rings. The third-order valence-corrected chi connectivity index (χ3v) is 2.10. The van der Waals surface area contributed by atoms with Crippen molar-refractivity contribution in [2.45, 2.75) is 6.92 Å². The maximum absolute atomic E-state index is 10.6. The summed E-state index contributed by atoms with van der Waals surface area (Å²) in [5, 5.41) is 0. The molecule has 0 aliphatic heterocycles. The average Bonchev–Trinajstić information content (AvgIpc) is 2.07. The summed E-state index contributed by atoms with van der Waals surface area (Å²) in [6, 6.07) is 7.66. The summed E-state index contributed by atoms with van der Waals surface area (Å²) in [6.45, 7) is 2.63. The lowest BCUT2D eigenvalue weighted by Gasteiger charge is -2.14. The second-order valence-electron chi connectivity index (χ2n) is 2.37. The van der Waals surface area contributed by atoms with Crippen molar-refractivity contribution in [1.82, 2.24) is 0 Å². The summed E-state index contributed by atoms with van der Waals surface area (Å²) >= 11 is 3.35. The molecule has 0 saturated carbocycles. The summed E-state index contributed by atoms with van der Waals surface area (Å²) in [7, 11) is 0. The maximum atomic E-state index is 10.6. The molecule has 0 spiro atoms. The molecule has 1 amide bonds. The maximum Gasteiger partial charge on any atom is 0.214 e. The van der Waals surface area contributed by atoms with Crippen LogP contribution in [0.25, 0.3) is 0 Å². The van der Waals surface area contributed by atoms with E-state index in [0.29, 0.717) is 6.54 Å². The largest absolute Gasteiger partial charge is 0.315 e. The second-order valence-corrected chi connectivity index (χ2v) is 3.29. The van der Waals surface area contributed by atoms with E-state index in [-0.39, 0.29) is 0 Å². The fourth-order valence-electron chi connectivity index (χ4n) is 0.973. The summed E-state index contributed by atoms with van der Waals surface area (Å²) in [5.41, 5.74) is 0.918. The molecule has 0 aliphatic carbocycles. The number of anilines is 1. The molecule has 0 aromatic heterocycles. The van der Waals surface area contributed by atoms with E-state index in [1.165, 1.54) is 0 Å². The Morgan fingerprint density at radius 2 is 2.33 bits per heavy atom. The molecule has 1 aromatic carbocycles. The highest BCUT2D eigenvalue weighted by molar-refractivity contribution is 9.10. The molecule has 0 atom stereocenters. The molecule has 0 saturated heterocycles. The van der Waals surface area contributed by atoms with Crippen molar-refractivity contribution in [2.75, 3.05) is 11.4 Å². The van der Waals surface area contributed by atoms with Gasteiger partial charge < -0.3 is 4.90 Å². The molecule has 0 radical (unpaired) electrons. The normalized spacial score (nSPS) is 9.50. The highest BCUT2D eigenvalue weighted by Crippen LogP contribution is 2.18. The van der Waals surface area contributed by atoms with Crippen LogP contribution in [0.2, 0.25) is 0 Å². The Morgan fingerprint density at radius 1 is 1.58 bits per heavy atom. The molecule has 1 rings (SSSR count). The summed E-state index contributed by atoms with van der Waals surface area (Å²) in [6.07, 6.45) is 0.835. The molecule has 0 bridgehead atoms. The average molecular weight is 228 g/mol. The van der Waals surface area contributed by atoms with E-state index in [1.807, 2.05) is 31.2 Å². The van der Waals surface area contributed by atoms with Crippen LogP contribution in [-0.4, -0.2) is 13.0 Å². The highest BCUT2D eigenvalue weighted by atomic mass is 79.9. The number of hydrogen-bond acceptors (Lipinski definition) is 1. The van der Waals surface area contributed by atoms with Crippen LogP contribution >= 0.6 is 15.9 Å². The monoisotopic (exact) mass is 227 g/mol. The van der Waals surface area contributed by atoms with Crippen LogP contribution in [0.1, 0.15) is 6.92 Å². The summed E-state index contributed by atoms with van der Waals surface area (Å²) in [4.78, 5) is 12.2. The predicted octanol–water partition coefficient (Wildman–Crippen LogP) is 2.43. The highest BCUT2D eigenvalue weighted by Gasteiger charge is 2.00. The Hall–Kier alpha value is -0.830. The first-order chi connectivity index (χ1) is 5.77. The SMILES string of the molecule is CCN(C=O)c1cccc(Br)c1. The zero-order valence-corrected chi connectivity index (χ0v) is 8.41. The number of halogens is 1. The van der Waals surface area contributed by atoms with Crippen molar-refractivity contribution < 1.29 is 4.79 Å². The molecule has 3 heteroatoms. The van der Waals surface area contributed by atoms with Gasteiger partial charge in [0.1, 0.15) is 0 Å². The van der Waals surface area contributed by atoms with E-state index in [2.05, 4.69) is 15.9 Å². The van der Waals surface area contributed by atoms with Gasteiger partial charge in [0.05, 0.1) is 0 Å². The summed E-state index contributed by atoms with van der Waals surface area (Å²) < 4.78 is 0.986. The van der Waals surface area contributed by atoms with Gasteiger partial charge in [-0.2, -0.15) is 0 Å². The van der Waals surface area contributed by atoms with Gasteiger partial charge in [0.25, 0.3) is 0 Å². The van der Waals surface area contributed by atoms with Gasteiger partial charge in [-0.15, -0.1) is 0 Å². The number of benzene rings is 1. The third-order valence-electron chi connectivity index (χ3n) is 1.61. The number of hydrogen-bond donors (Lipinski definition) is 0. The Balaban J connectivity index is 2.93. The molecule has 0 heterocycles. The van der Waals surface area contributed by atoms with Crippen molar-refractivity contribution in [1.29, 1.82) is 0 Å². The molecular formula is C9H10BrNO. The van der Waals surface area contributed by atoms with Gasteiger partial charge in [0.15, 0.2) is 0 Å². The fraction of sp³-hybridized carbons (Fsp3) is 0.222. The topological polar surface area (TPSA) is 20.3 Å². The first kappa shape index (κ1) is 9.26. The van der Waals surface area contributed by atoms with Gasteiger partial charge >= 0.3 is 0 Å². The van der Waals surface area contributed by atoms with E-state index >= 15 is 0 Å². The van der Waals surface area contributed by atoms with E-state index < -0.39 is 0 Å². The van der Waals surface area contributed by atoms with Gasteiger partial charge in [-0.25, -0.2) is 0 Å². The van der Waals surface area contributed by atoms with E-state index in [9.17, 15) is 4.79 Å². The van der Waals surface area contributed by atoms with Crippen LogP contribution in [0.3, 0.4) is 0 Å². The van der Waals surface area contributed by atoms with Gasteiger partial charge in [0, 0.05) is 16.7 Å². The van der Waals surface area contributed by atoms with E-state index in [4.69, 9.17) is 0 Å². The van der Waals surface area contributed by atoms with Crippen LogP contribution in [0.5, 0.6) is 0 Å². The lowest BCUT2D eigenvalue weighted by molar-refractivity contribution is -0.107. The van der Waals surface area contributed by atoms with Crippen molar-refractivity contribution in [2.24, 2.45) is 0 Å². The Kier molecular flexibility index (Phi) is 3.29. The van der Waals surface area contributed by atoms with Crippen LogP contribution in [0, 0.1) is 0 Å². The molecule has 12 heavy (non-hydrogen) atoms. The van der Waals surface area contributed by atoms with Crippen molar-refractivity contribution in [3.63, 3.8) is 0 Å². The Labute approximate surface area is 80.3 Å². The lowest BCUT2D eigenvalue weighted by atomic mass is 10.3. The summed E-state index contributed by atoms with van der Waals surface area (Å²) in [5.74, 6) is 0. The molecule has 64 valence electrons. The minimum absolute atomic E-state index is 0.694. The number of rotatable bonds is 3. The molecule has 2 nitrogen and oxygen atoms in total. The van der Waals surface area contributed by atoms with Crippen LogP contribution in [-0.2, 0) is 4.79 Å². The Morgan fingerprint density at radius 3 is 2.83 bits per heavy atom. The number of carbonyl (C=O) groups is 1. The standard InChI is InChI=1S/C9H10BrNO/c1-2-11(7-12)9-5-3-4-8(10)6-9/h3-7H,2H2,1H3. The predicted molar refractivity (Wildman–Crippen MR) is 53.2 cm³/mol. The fourth-order valence-corrected chi connectivity index (χ4v) is 1.36. The Bertz CT molecular complexity index is 275. The van der Waals surface area contributed by atoms with E-state index in [0.717, 1.165) is 16.6 Å². The molecular weight excluding hydrogens is 218 g/mol. The van der Waals surface area contributed by atoms with Crippen molar-refractivity contribution >= 4 is 28.0 Å². The lowest BCUT2D eigenvalue weighted by Crippen LogP contribution is -2.19.